The number of carbonyl (C=O) groups excluding carboxylic acids is 1. The third kappa shape index (κ3) is 4.76. The van der Waals surface area contributed by atoms with Crippen LogP contribution in [0.2, 0.25) is 0 Å². The maximum absolute atomic E-state index is 13.8. The highest BCUT2D eigenvalue weighted by molar-refractivity contribution is 7.09. The molecule has 1 fully saturated rings. The number of rotatable bonds is 6. The maximum atomic E-state index is 13.8. The van der Waals surface area contributed by atoms with Crippen LogP contribution in [0.1, 0.15) is 24.2 Å². The number of hydrogen-bond acceptors (Lipinski definition) is 6. The van der Waals surface area contributed by atoms with Crippen molar-refractivity contribution in [3.63, 3.8) is 0 Å². The summed E-state index contributed by atoms with van der Waals surface area (Å²) in [5.74, 6) is 0.919. The van der Waals surface area contributed by atoms with E-state index in [0.29, 0.717) is 19.3 Å². The van der Waals surface area contributed by atoms with Crippen LogP contribution < -0.4 is 15.0 Å². The molecule has 6 nitrogen and oxygen atoms in total. The number of benzene rings is 2. The lowest BCUT2D eigenvalue weighted by molar-refractivity contribution is -0.120. The van der Waals surface area contributed by atoms with Crippen molar-refractivity contribution in [3.8, 4) is 5.75 Å². The molecule has 1 saturated heterocycles. The third-order valence-corrected chi connectivity index (χ3v) is 6.04. The van der Waals surface area contributed by atoms with Gasteiger partial charge in [-0.15, -0.1) is 0 Å². The van der Waals surface area contributed by atoms with E-state index in [1.807, 2.05) is 24.3 Å². The van der Waals surface area contributed by atoms with Crippen LogP contribution in [0.5, 0.6) is 5.75 Å². The van der Waals surface area contributed by atoms with E-state index in [1.165, 1.54) is 17.6 Å². The smallest absolute Gasteiger partial charge is 0.227 e. The Balaban J connectivity index is 1.32. The van der Waals surface area contributed by atoms with Gasteiger partial charge in [0.05, 0.1) is 12.8 Å². The Bertz CT molecular complexity index is 1020. The number of carbonyl (C=O) groups is 1. The Morgan fingerprint density at radius 1 is 1.23 bits per heavy atom. The van der Waals surface area contributed by atoms with Crippen LogP contribution in [0.3, 0.4) is 0 Å². The van der Waals surface area contributed by atoms with Crippen molar-refractivity contribution in [2.75, 3.05) is 30.4 Å². The normalized spacial score (nSPS) is 14.5. The van der Waals surface area contributed by atoms with E-state index < -0.39 is 5.82 Å². The molecule has 0 aliphatic carbocycles. The Labute approximate surface area is 178 Å². The number of hydrogen-bond donors (Lipinski definition) is 1. The Hall–Kier alpha value is -3.00. The van der Waals surface area contributed by atoms with Gasteiger partial charge >= 0.3 is 0 Å². The molecule has 0 atom stereocenters. The summed E-state index contributed by atoms with van der Waals surface area (Å²) in [4.78, 5) is 19.3. The number of nitrogens with zero attached hydrogens (tertiary/aromatic N) is 3. The van der Waals surface area contributed by atoms with Crippen LogP contribution in [0, 0.1) is 11.7 Å². The van der Waals surface area contributed by atoms with Crippen LogP contribution >= 0.6 is 11.5 Å². The van der Waals surface area contributed by atoms with Gasteiger partial charge in [-0.25, -0.2) is 9.37 Å². The molecule has 3 aromatic rings. The predicted octanol–water partition coefficient (Wildman–Crippen LogP) is 4.13. The zero-order valence-corrected chi connectivity index (χ0v) is 17.5. The first-order chi connectivity index (χ1) is 14.6. The predicted molar refractivity (Wildman–Crippen MR) is 116 cm³/mol. The van der Waals surface area contributed by atoms with E-state index in [-0.39, 0.29) is 17.5 Å². The van der Waals surface area contributed by atoms with E-state index in [0.717, 1.165) is 35.4 Å². The number of nitrogens with one attached hydrogen (secondary N) is 1. The molecule has 0 radical (unpaired) electrons. The minimum Gasteiger partial charge on any atom is -0.497 e. The van der Waals surface area contributed by atoms with Gasteiger partial charge in [-0.3, -0.25) is 4.79 Å². The van der Waals surface area contributed by atoms with Crippen LogP contribution in [-0.2, 0) is 11.2 Å². The summed E-state index contributed by atoms with van der Waals surface area (Å²) in [6.07, 6.45) is 2.05. The van der Waals surface area contributed by atoms with E-state index in [2.05, 4.69) is 19.6 Å². The van der Waals surface area contributed by atoms with Gasteiger partial charge in [0.15, 0.2) is 0 Å². The fourth-order valence-electron chi connectivity index (χ4n) is 3.54. The number of methoxy groups -OCH3 is 1. The summed E-state index contributed by atoms with van der Waals surface area (Å²) in [6.45, 7) is 1.45. The quantitative estimate of drug-likeness (QED) is 0.642. The minimum absolute atomic E-state index is 0.129. The van der Waals surface area contributed by atoms with Crippen LogP contribution in [0.4, 0.5) is 15.2 Å². The number of amides is 1. The van der Waals surface area contributed by atoms with E-state index in [1.54, 1.807) is 25.3 Å². The SMILES string of the molecule is COc1cccc(Cc2nsc(N3CCC(C(=O)Nc4ccccc4F)CC3)n2)c1. The Morgan fingerprint density at radius 3 is 2.80 bits per heavy atom. The molecule has 0 bridgehead atoms. The van der Waals surface area contributed by atoms with Crippen LogP contribution in [0.25, 0.3) is 0 Å². The molecule has 1 N–H and O–H groups in total. The van der Waals surface area contributed by atoms with Crippen molar-refractivity contribution in [2.24, 2.45) is 5.92 Å². The summed E-state index contributed by atoms with van der Waals surface area (Å²) in [6, 6.07) is 14.1. The average molecular weight is 427 g/mol. The lowest BCUT2D eigenvalue weighted by atomic mass is 9.96. The van der Waals surface area contributed by atoms with Crippen molar-refractivity contribution in [2.45, 2.75) is 19.3 Å². The highest BCUT2D eigenvalue weighted by atomic mass is 32.1. The highest BCUT2D eigenvalue weighted by Crippen LogP contribution is 2.27. The molecule has 1 aliphatic rings. The molecule has 30 heavy (non-hydrogen) atoms. The Morgan fingerprint density at radius 2 is 2.03 bits per heavy atom. The molecular formula is C22H23FN4O2S. The molecule has 1 amide bonds. The maximum Gasteiger partial charge on any atom is 0.227 e. The standard InChI is InChI=1S/C22H23FN4O2S/c1-29-17-6-4-5-15(13-17)14-20-25-22(30-26-20)27-11-9-16(10-12-27)21(28)24-19-8-3-2-7-18(19)23/h2-8,13,16H,9-12,14H2,1H3,(H,24,28). The number of aromatic nitrogens is 2. The van der Waals surface area contributed by atoms with Gasteiger partial charge in [0.2, 0.25) is 11.0 Å². The molecule has 2 heterocycles. The monoisotopic (exact) mass is 426 g/mol. The first-order valence-corrected chi connectivity index (χ1v) is 10.7. The van der Waals surface area contributed by atoms with Crippen molar-refractivity contribution in [1.29, 1.82) is 0 Å². The molecule has 1 aromatic heterocycles. The molecule has 0 spiro atoms. The van der Waals surface area contributed by atoms with Crippen LogP contribution in [0.15, 0.2) is 48.5 Å². The molecule has 4 rings (SSSR count). The largest absolute Gasteiger partial charge is 0.497 e. The first kappa shape index (κ1) is 20.3. The number of halogens is 1. The van der Waals surface area contributed by atoms with Gasteiger partial charge < -0.3 is 15.0 Å². The lowest BCUT2D eigenvalue weighted by Crippen LogP contribution is -2.38. The van der Waals surface area contributed by atoms with Crippen molar-refractivity contribution >= 4 is 28.3 Å². The van der Waals surface area contributed by atoms with Crippen molar-refractivity contribution in [1.82, 2.24) is 9.36 Å². The van der Waals surface area contributed by atoms with Gasteiger partial charge in [0.25, 0.3) is 0 Å². The molecule has 0 unspecified atom stereocenters. The van der Waals surface area contributed by atoms with Crippen LogP contribution in [-0.4, -0.2) is 35.5 Å². The van der Waals surface area contributed by atoms with E-state index in [4.69, 9.17) is 4.74 Å². The van der Waals surface area contributed by atoms with E-state index in [9.17, 15) is 9.18 Å². The fraction of sp³-hybridized carbons (Fsp3) is 0.318. The summed E-state index contributed by atoms with van der Waals surface area (Å²) < 4.78 is 23.5. The van der Waals surface area contributed by atoms with E-state index >= 15 is 0 Å². The fourth-order valence-corrected chi connectivity index (χ4v) is 4.28. The second kappa shape index (κ2) is 9.21. The average Bonchev–Trinajstić information content (AvgIpc) is 3.24. The molecule has 1 aliphatic heterocycles. The van der Waals surface area contributed by atoms with Crippen molar-refractivity contribution in [3.05, 3.63) is 65.7 Å². The summed E-state index contributed by atoms with van der Waals surface area (Å²) in [7, 11) is 1.65. The van der Waals surface area contributed by atoms with Gasteiger partial charge in [0, 0.05) is 37.0 Å². The second-order valence-electron chi connectivity index (χ2n) is 7.25. The first-order valence-electron chi connectivity index (χ1n) is 9.88. The lowest BCUT2D eigenvalue weighted by Gasteiger charge is -2.30. The topological polar surface area (TPSA) is 67.3 Å². The number of piperidine rings is 1. The number of para-hydroxylation sites is 1. The zero-order chi connectivity index (χ0) is 20.9. The zero-order valence-electron chi connectivity index (χ0n) is 16.7. The highest BCUT2D eigenvalue weighted by Gasteiger charge is 2.27. The molecule has 0 saturated carbocycles. The van der Waals surface area contributed by atoms with Gasteiger partial charge in [0.1, 0.15) is 17.4 Å². The summed E-state index contributed by atoms with van der Waals surface area (Å²) >= 11 is 1.38. The number of ether oxygens (including phenoxy) is 1. The van der Waals surface area contributed by atoms with Gasteiger partial charge in [-0.05, 0) is 42.7 Å². The van der Waals surface area contributed by atoms with Crippen molar-refractivity contribution < 1.29 is 13.9 Å². The Kier molecular flexibility index (Phi) is 6.23. The molecule has 156 valence electrons. The third-order valence-electron chi connectivity index (χ3n) is 5.22. The van der Waals surface area contributed by atoms with Gasteiger partial charge in [-0.1, -0.05) is 24.3 Å². The molecule has 2 aromatic carbocycles. The van der Waals surface area contributed by atoms with Gasteiger partial charge in [-0.2, -0.15) is 4.37 Å². The second-order valence-corrected chi connectivity index (χ2v) is 7.98. The summed E-state index contributed by atoms with van der Waals surface area (Å²) in [5, 5.41) is 3.58. The molecule has 8 heteroatoms. The molecular weight excluding hydrogens is 403 g/mol. The summed E-state index contributed by atoms with van der Waals surface area (Å²) in [5.41, 5.74) is 1.33. The number of anilines is 2. The minimum atomic E-state index is -0.416.